The van der Waals surface area contributed by atoms with Crippen molar-refractivity contribution in [2.24, 2.45) is 0 Å². The van der Waals surface area contributed by atoms with Gasteiger partial charge < -0.3 is 5.32 Å². The number of hydrogen-bond acceptors (Lipinski definition) is 6. The molecule has 1 atom stereocenters. The summed E-state index contributed by atoms with van der Waals surface area (Å²) in [4.78, 5) is 0. The van der Waals surface area contributed by atoms with Gasteiger partial charge in [0.1, 0.15) is 0 Å². The molecule has 0 bridgehead atoms. The third-order valence-corrected chi connectivity index (χ3v) is 3.48. The maximum Gasteiger partial charge on any atom is 0.213 e. The first-order valence-electron chi connectivity index (χ1n) is 5.37. The van der Waals surface area contributed by atoms with Crippen molar-refractivity contribution < 1.29 is 8.42 Å². The third-order valence-electron chi connectivity index (χ3n) is 2.03. The van der Waals surface area contributed by atoms with E-state index >= 15 is 0 Å². The third kappa shape index (κ3) is 5.20. The van der Waals surface area contributed by atoms with Gasteiger partial charge in [0.2, 0.25) is 10.0 Å². The topological polar surface area (TPSA) is 113 Å². The number of aromatic amines is 1. The molecule has 1 aromatic rings. The Bertz CT molecular complexity index is 415. The SMILES string of the molecule is CC(C)NCCS(=O)(=O)NC(C)c1nn[nH]n1. The Kier molecular flexibility index (Phi) is 4.97. The molecule has 8 nitrogen and oxygen atoms in total. The van der Waals surface area contributed by atoms with Crippen LogP contribution in [0.2, 0.25) is 0 Å². The largest absolute Gasteiger partial charge is 0.313 e. The second-order valence-electron chi connectivity index (χ2n) is 4.04. The van der Waals surface area contributed by atoms with Crippen LogP contribution in [0.1, 0.15) is 32.6 Å². The Balaban J connectivity index is 2.44. The molecule has 17 heavy (non-hydrogen) atoms. The molecule has 0 saturated carbocycles. The summed E-state index contributed by atoms with van der Waals surface area (Å²) in [6.07, 6.45) is 0. The standard InChI is InChI=1S/C8H18N6O2S/c1-6(2)9-4-5-17(15,16)12-7(3)8-10-13-14-11-8/h6-7,9,12H,4-5H2,1-3H3,(H,10,11,13,14). The van der Waals surface area contributed by atoms with Gasteiger partial charge in [-0.1, -0.05) is 19.1 Å². The highest BCUT2D eigenvalue weighted by molar-refractivity contribution is 7.89. The molecule has 0 aliphatic heterocycles. The highest BCUT2D eigenvalue weighted by atomic mass is 32.2. The Labute approximate surface area is 101 Å². The van der Waals surface area contributed by atoms with Crippen LogP contribution >= 0.6 is 0 Å². The van der Waals surface area contributed by atoms with E-state index < -0.39 is 16.1 Å². The first kappa shape index (κ1) is 14.0. The Hall–Kier alpha value is -1.06. The minimum atomic E-state index is -3.34. The van der Waals surface area contributed by atoms with Crippen LogP contribution < -0.4 is 10.0 Å². The van der Waals surface area contributed by atoms with Gasteiger partial charge in [-0.2, -0.15) is 5.21 Å². The van der Waals surface area contributed by atoms with E-state index in [2.05, 4.69) is 30.7 Å². The van der Waals surface area contributed by atoms with Crippen LogP contribution in [0.15, 0.2) is 0 Å². The van der Waals surface area contributed by atoms with Gasteiger partial charge in [-0.15, -0.1) is 10.2 Å². The maximum atomic E-state index is 11.7. The molecule has 1 rings (SSSR count). The molecule has 0 radical (unpaired) electrons. The molecule has 1 heterocycles. The van der Waals surface area contributed by atoms with Crippen molar-refractivity contribution in [2.75, 3.05) is 12.3 Å². The van der Waals surface area contributed by atoms with Crippen molar-refractivity contribution >= 4 is 10.0 Å². The quantitative estimate of drug-likeness (QED) is 0.591. The van der Waals surface area contributed by atoms with Crippen LogP contribution in [0.25, 0.3) is 0 Å². The molecular formula is C8H18N6O2S. The summed E-state index contributed by atoms with van der Waals surface area (Å²) >= 11 is 0. The van der Waals surface area contributed by atoms with Gasteiger partial charge in [-0.3, -0.25) is 0 Å². The monoisotopic (exact) mass is 262 g/mol. The van der Waals surface area contributed by atoms with Crippen molar-refractivity contribution in [1.82, 2.24) is 30.7 Å². The van der Waals surface area contributed by atoms with Crippen LogP contribution in [-0.2, 0) is 10.0 Å². The Morgan fingerprint density at radius 2 is 2.06 bits per heavy atom. The average Bonchev–Trinajstić information content (AvgIpc) is 2.68. The van der Waals surface area contributed by atoms with E-state index in [0.29, 0.717) is 12.4 Å². The summed E-state index contributed by atoms with van der Waals surface area (Å²) in [6, 6.07) is -0.224. The molecule has 0 aliphatic carbocycles. The normalized spacial score (nSPS) is 14.1. The minimum absolute atomic E-state index is 0.0212. The fraction of sp³-hybridized carbons (Fsp3) is 0.875. The zero-order chi connectivity index (χ0) is 12.9. The minimum Gasteiger partial charge on any atom is -0.313 e. The van der Waals surface area contributed by atoms with Gasteiger partial charge >= 0.3 is 0 Å². The number of nitrogens with one attached hydrogen (secondary N) is 3. The van der Waals surface area contributed by atoms with Crippen LogP contribution in [-0.4, -0.2) is 47.4 Å². The molecule has 3 N–H and O–H groups in total. The molecule has 98 valence electrons. The molecule has 0 fully saturated rings. The molecule has 9 heteroatoms. The van der Waals surface area contributed by atoms with Gasteiger partial charge in [-0.25, -0.2) is 13.1 Å². The highest BCUT2D eigenvalue weighted by Crippen LogP contribution is 2.05. The van der Waals surface area contributed by atoms with E-state index in [-0.39, 0.29) is 11.8 Å². The molecule has 0 aliphatic rings. The number of H-pyrrole nitrogens is 1. The van der Waals surface area contributed by atoms with E-state index in [1.807, 2.05) is 13.8 Å². The molecule has 1 aromatic heterocycles. The van der Waals surface area contributed by atoms with Crippen molar-refractivity contribution in [2.45, 2.75) is 32.9 Å². The maximum absolute atomic E-state index is 11.7. The van der Waals surface area contributed by atoms with Crippen molar-refractivity contribution in [3.63, 3.8) is 0 Å². The summed E-state index contributed by atoms with van der Waals surface area (Å²) in [5.41, 5.74) is 0. The first-order valence-corrected chi connectivity index (χ1v) is 7.02. The summed E-state index contributed by atoms with van der Waals surface area (Å²) in [7, 11) is -3.34. The van der Waals surface area contributed by atoms with Crippen molar-refractivity contribution in [1.29, 1.82) is 0 Å². The number of hydrogen-bond donors (Lipinski definition) is 3. The lowest BCUT2D eigenvalue weighted by molar-refractivity contribution is 0.550. The van der Waals surface area contributed by atoms with Crippen LogP contribution in [0.5, 0.6) is 0 Å². The summed E-state index contributed by atoms with van der Waals surface area (Å²) < 4.78 is 25.8. The van der Waals surface area contributed by atoms with Crippen LogP contribution in [0.4, 0.5) is 0 Å². The second kappa shape index (κ2) is 6.03. The van der Waals surface area contributed by atoms with Gasteiger partial charge in [0, 0.05) is 12.6 Å². The van der Waals surface area contributed by atoms with Crippen molar-refractivity contribution in [3.8, 4) is 0 Å². The highest BCUT2D eigenvalue weighted by Gasteiger charge is 2.18. The number of sulfonamides is 1. The summed E-state index contributed by atoms with van der Waals surface area (Å²) in [5.74, 6) is 0.346. The summed E-state index contributed by atoms with van der Waals surface area (Å²) in [5, 5.41) is 16.1. The number of nitrogens with zero attached hydrogens (tertiary/aromatic N) is 3. The van der Waals surface area contributed by atoms with Crippen LogP contribution in [0, 0.1) is 0 Å². The molecule has 0 aromatic carbocycles. The molecule has 0 saturated heterocycles. The van der Waals surface area contributed by atoms with Gasteiger partial charge in [0.25, 0.3) is 0 Å². The lowest BCUT2D eigenvalue weighted by Gasteiger charge is -2.12. The summed E-state index contributed by atoms with van der Waals surface area (Å²) in [6.45, 7) is 5.99. The molecule has 0 spiro atoms. The van der Waals surface area contributed by atoms with E-state index in [9.17, 15) is 8.42 Å². The van der Waals surface area contributed by atoms with Gasteiger partial charge in [0.15, 0.2) is 5.82 Å². The lowest BCUT2D eigenvalue weighted by atomic mass is 10.4. The number of aromatic nitrogens is 4. The predicted molar refractivity (Wildman–Crippen MR) is 62.7 cm³/mol. The molecule has 0 amide bonds. The van der Waals surface area contributed by atoms with E-state index in [0.717, 1.165) is 0 Å². The van der Waals surface area contributed by atoms with Gasteiger partial charge in [0.05, 0.1) is 11.8 Å². The van der Waals surface area contributed by atoms with E-state index in [1.54, 1.807) is 6.92 Å². The Morgan fingerprint density at radius 1 is 1.35 bits per heavy atom. The van der Waals surface area contributed by atoms with Crippen molar-refractivity contribution in [3.05, 3.63) is 5.82 Å². The fourth-order valence-corrected chi connectivity index (χ4v) is 2.36. The lowest BCUT2D eigenvalue weighted by Crippen LogP contribution is -2.35. The smallest absolute Gasteiger partial charge is 0.213 e. The fourth-order valence-electron chi connectivity index (χ4n) is 1.22. The molecule has 1 unspecified atom stereocenters. The first-order chi connectivity index (χ1) is 7.91. The van der Waals surface area contributed by atoms with E-state index in [4.69, 9.17) is 0 Å². The second-order valence-corrected chi connectivity index (χ2v) is 5.91. The number of rotatable bonds is 7. The Morgan fingerprint density at radius 3 is 2.59 bits per heavy atom. The number of tetrazole rings is 1. The predicted octanol–water partition coefficient (Wildman–Crippen LogP) is -0.822. The zero-order valence-electron chi connectivity index (χ0n) is 10.1. The van der Waals surface area contributed by atoms with Gasteiger partial charge in [-0.05, 0) is 6.92 Å². The molecular weight excluding hydrogens is 244 g/mol. The van der Waals surface area contributed by atoms with E-state index in [1.165, 1.54) is 0 Å². The average molecular weight is 262 g/mol. The van der Waals surface area contributed by atoms with Crippen LogP contribution in [0.3, 0.4) is 0 Å². The zero-order valence-corrected chi connectivity index (χ0v) is 11.0.